The van der Waals surface area contributed by atoms with Crippen LogP contribution in [0.3, 0.4) is 0 Å². The minimum absolute atomic E-state index is 0.0871. The number of carbonyl (C=O) groups is 2. The fourth-order valence-electron chi connectivity index (χ4n) is 2.49. The van der Waals surface area contributed by atoms with Crippen LogP contribution in [-0.2, 0) is 9.59 Å². The lowest BCUT2D eigenvalue weighted by atomic mass is 9.84. The zero-order valence-electron chi connectivity index (χ0n) is 11.3. The molecular formula is C18H18O2. The molecule has 2 heteroatoms. The van der Waals surface area contributed by atoms with Gasteiger partial charge < -0.3 is 9.59 Å². The van der Waals surface area contributed by atoms with Crippen molar-refractivity contribution in [2.75, 3.05) is 0 Å². The minimum Gasteiger partial charge on any atom is -0.303 e. The molecule has 0 aliphatic carbocycles. The maximum absolute atomic E-state index is 11.4. The average Bonchev–Trinajstić information content (AvgIpc) is 2.53. The lowest BCUT2D eigenvalue weighted by molar-refractivity contribution is -0.110. The number of carbonyl (C=O) groups excluding carboxylic acids is 2. The predicted molar refractivity (Wildman–Crippen MR) is 79.7 cm³/mol. The molecule has 0 radical (unpaired) electrons. The second-order valence-electron chi connectivity index (χ2n) is 4.90. The number of rotatable bonds is 7. The van der Waals surface area contributed by atoms with E-state index in [9.17, 15) is 9.59 Å². The summed E-state index contributed by atoms with van der Waals surface area (Å²) in [5.41, 5.74) is 2.12. The molecule has 0 bridgehead atoms. The van der Waals surface area contributed by atoms with E-state index in [1.54, 1.807) is 0 Å². The van der Waals surface area contributed by atoms with E-state index in [0.29, 0.717) is 12.8 Å². The molecule has 0 spiro atoms. The Morgan fingerprint density at radius 1 is 0.800 bits per heavy atom. The van der Waals surface area contributed by atoms with Gasteiger partial charge in [0, 0.05) is 12.3 Å². The molecule has 0 heterocycles. The fourth-order valence-corrected chi connectivity index (χ4v) is 2.49. The SMILES string of the molecule is O=CCC(CC(C=O)c1ccccc1)c1ccccc1. The van der Waals surface area contributed by atoms with Crippen molar-refractivity contribution in [2.24, 2.45) is 0 Å². The Labute approximate surface area is 119 Å². The van der Waals surface area contributed by atoms with Gasteiger partial charge in [-0.3, -0.25) is 0 Å². The van der Waals surface area contributed by atoms with Crippen molar-refractivity contribution in [3.05, 3.63) is 71.8 Å². The summed E-state index contributed by atoms with van der Waals surface area (Å²) >= 11 is 0. The molecule has 102 valence electrons. The van der Waals surface area contributed by atoms with Crippen LogP contribution in [0.2, 0.25) is 0 Å². The van der Waals surface area contributed by atoms with E-state index in [2.05, 4.69) is 0 Å². The van der Waals surface area contributed by atoms with Crippen molar-refractivity contribution >= 4 is 12.6 Å². The molecule has 2 nitrogen and oxygen atoms in total. The summed E-state index contributed by atoms with van der Waals surface area (Å²) < 4.78 is 0. The van der Waals surface area contributed by atoms with Crippen molar-refractivity contribution in [3.8, 4) is 0 Å². The first-order valence-electron chi connectivity index (χ1n) is 6.84. The summed E-state index contributed by atoms with van der Waals surface area (Å²) in [6, 6.07) is 19.6. The summed E-state index contributed by atoms with van der Waals surface area (Å²) in [4.78, 5) is 22.3. The van der Waals surface area contributed by atoms with Crippen molar-refractivity contribution in [3.63, 3.8) is 0 Å². The molecule has 0 aliphatic heterocycles. The second kappa shape index (κ2) is 7.39. The Bertz CT molecular complexity index is 534. The monoisotopic (exact) mass is 266 g/mol. The van der Waals surface area contributed by atoms with Gasteiger partial charge in [0.15, 0.2) is 0 Å². The van der Waals surface area contributed by atoms with Crippen LogP contribution in [0.25, 0.3) is 0 Å². The van der Waals surface area contributed by atoms with Gasteiger partial charge in [0.1, 0.15) is 12.6 Å². The van der Waals surface area contributed by atoms with Gasteiger partial charge in [-0.25, -0.2) is 0 Å². The fraction of sp³-hybridized carbons (Fsp3) is 0.222. The molecule has 2 aromatic rings. The summed E-state index contributed by atoms with van der Waals surface area (Å²) in [5.74, 6) is -0.0783. The number of hydrogen-bond acceptors (Lipinski definition) is 2. The normalized spacial score (nSPS) is 13.4. The first-order valence-corrected chi connectivity index (χ1v) is 6.84. The van der Waals surface area contributed by atoms with Gasteiger partial charge in [-0.15, -0.1) is 0 Å². The maximum atomic E-state index is 11.4. The average molecular weight is 266 g/mol. The van der Waals surface area contributed by atoms with Gasteiger partial charge >= 0.3 is 0 Å². The van der Waals surface area contributed by atoms with Gasteiger partial charge in [0.05, 0.1) is 0 Å². The number of hydrogen-bond donors (Lipinski definition) is 0. The molecule has 0 N–H and O–H groups in total. The molecule has 2 aromatic carbocycles. The lowest BCUT2D eigenvalue weighted by Crippen LogP contribution is -2.08. The predicted octanol–water partition coefficient (Wildman–Crippen LogP) is 3.73. The molecule has 2 rings (SSSR count). The summed E-state index contributed by atoms with van der Waals surface area (Å²) in [6.07, 6.45) is 3.03. The zero-order chi connectivity index (χ0) is 14.2. The van der Waals surface area contributed by atoms with Crippen molar-refractivity contribution in [1.29, 1.82) is 0 Å². The van der Waals surface area contributed by atoms with Crippen LogP contribution in [-0.4, -0.2) is 12.6 Å². The van der Waals surface area contributed by atoms with Crippen molar-refractivity contribution in [2.45, 2.75) is 24.7 Å². The highest BCUT2D eigenvalue weighted by molar-refractivity contribution is 5.62. The van der Waals surface area contributed by atoms with Crippen molar-refractivity contribution in [1.82, 2.24) is 0 Å². The third-order valence-electron chi connectivity index (χ3n) is 3.58. The Morgan fingerprint density at radius 2 is 1.35 bits per heavy atom. The number of benzene rings is 2. The minimum atomic E-state index is -0.165. The summed E-state index contributed by atoms with van der Waals surface area (Å²) in [7, 11) is 0. The smallest absolute Gasteiger partial charge is 0.127 e. The van der Waals surface area contributed by atoms with Crippen LogP contribution in [0, 0.1) is 0 Å². The van der Waals surface area contributed by atoms with E-state index in [1.165, 1.54) is 0 Å². The Balaban J connectivity index is 2.18. The van der Waals surface area contributed by atoms with Gasteiger partial charge in [-0.1, -0.05) is 60.7 Å². The van der Waals surface area contributed by atoms with Crippen LogP contribution in [0.15, 0.2) is 60.7 Å². The van der Waals surface area contributed by atoms with E-state index in [1.807, 2.05) is 60.7 Å². The van der Waals surface area contributed by atoms with Gasteiger partial charge in [-0.05, 0) is 23.5 Å². The Morgan fingerprint density at radius 3 is 1.85 bits per heavy atom. The maximum Gasteiger partial charge on any atom is 0.127 e. The van der Waals surface area contributed by atoms with Crippen LogP contribution in [0.4, 0.5) is 0 Å². The zero-order valence-corrected chi connectivity index (χ0v) is 11.3. The first kappa shape index (κ1) is 14.2. The second-order valence-corrected chi connectivity index (χ2v) is 4.90. The van der Waals surface area contributed by atoms with Gasteiger partial charge in [-0.2, -0.15) is 0 Å². The highest BCUT2D eigenvalue weighted by Crippen LogP contribution is 2.30. The molecule has 0 saturated heterocycles. The summed E-state index contributed by atoms with van der Waals surface area (Å²) in [5, 5.41) is 0. The van der Waals surface area contributed by atoms with Crippen LogP contribution in [0.5, 0.6) is 0 Å². The van der Waals surface area contributed by atoms with Crippen LogP contribution in [0.1, 0.15) is 35.8 Å². The first-order chi connectivity index (χ1) is 9.85. The Hall–Kier alpha value is -2.22. The molecular weight excluding hydrogens is 248 g/mol. The van der Waals surface area contributed by atoms with E-state index >= 15 is 0 Å². The largest absolute Gasteiger partial charge is 0.303 e. The van der Waals surface area contributed by atoms with Gasteiger partial charge in [0.25, 0.3) is 0 Å². The third-order valence-corrected chi connectivity index (χ3v) is 3.58. The van der Waals surface area contributed by atoms with Crippen molar-refractivity contribution < 1.29 is 9.59 Å². The summed E-state index contributed by atoms with van der Waals surface area (Å²) in [6.45, 7) is 0. The molecule has 2 unspecified atom stereocenters. The quantitative estimate of drug-likeness (QED) is 0.715. The van der Waals surface area contributed by atoms with Gasteiger partial charge in [0.2, 0.25) is 0 Å². The molecule has 0 saturated carbocycles. The number of aldehydes is 2. The van der Waals surface area contributed by atoms with Crippen LogP contribution < -0.4 is 0 Å². The molecule has 0 amide bonds. The third kappa shape index (κ3) is 3.64. The highest BCUT2D eigenvalue weighted by atomic mass is 16.1. The Kier molecular flexibility index (Phi) is 5.24. The molecule has 20 heavy (non-hydrogen) atoms. The standard InChI is InChI=1S/C18H18O2/c19-12-11-17(15-7-3-1-4-8-15)13-18(14-20)16-9-5-2-6-10-16/h1-10,12,14,17-18H,11,13H2. The van der Waals surface area contributed by atoms with E-state index < -0.39 is 0 Å². The van der Waals surface area contributed by atoms with E-state index in [-0.39, 0.29) is 11.8 Å². The van der Waals surface area contributed by atoms with E-state index in [4.69, 9.17) is 0 Å². The molecule has 0 fully saturated rings. The molecule has 0 aromatic heterocycles. The van der Waals surface area contributed by atoms with E-state index in [0.717, 1.165) is 23.7 Å². The van der Waals surface area contributed by atoms with Crippen LogP contribution >= 0.6 is 0 Å². The molecule has 0 aliphatic rings. The lowest BCUT2D eigenvalue weighted by Gasteiger charge is -2.19. The molecule has 2 atom stereocenters. The topological polar surface area (TPSA) is 34.1 Å². The highest BCUT2D eigenvalue weighted by Gasteiger charge is 2.18.